The SMILES string of the molecule is CC(C)(C)c1nc(Cl)cc(NCC2CCCCC2O)n1. The Kier molecular flexibility index (Phi) is 4.86. The zero-order valence-corrected chi connectivity index (χ0v) is 13.2. The summed E-state index contributed by atoms with van der Waals surface area (Å²) < 4.78 is 0. The number of halogens is 1. The molecule has 2 N–H and O–H groups in total. The maximum atomic E-state index is 9.99. The van der Waals surface area contributed by atoms with E-state index in [0.717, 1.165) is 37.4 Å². The first-order valence-electron chi connectivity index (χ1n) is 7.33. The van der Waals surface area contributed by atoms with Gasteiger partial charge in [0.25, 0.3) is 0 Å². The fourth-order valence-corrected chi connectivity index (χ4v) is 2.69. The lowest BCUT2D eigenvalue weighted by atomic mass is 9.86. The Balaban J connectivity index is 2.04. The number of aliphatic hydroxyl groups excluding tert-OH is 1. The molecule has 1 saturated carbocycles. The molecule has 2 rings (SSSR count). The van der Waals surface area contributed by atoms with Gasteiger partial charge in [0.1, 0.15) is 16.8 Å². The number of aliphatic hydroxyl groups is 1. The van der Waals surface area contributed by atoms with Crippen LogP contribution < -0.4 is 5.32 Å². The molecule has 0 aliphatic heterocycles. The highest BCUT2D eigenvalue weighted by Gasteiger charge is 2.23. The summed E-state index contributed by atoms with van der Waals surface area (Å²) in [5, 5.41) is 13.7. The zero-order valence-electron chi connectivity index (χ0n) is 12.5. The largest absolute Gasteiger partial charge is 0.393 e. The molecule has 5 heteroatoms. The van der Waals surface area contributed by atoms with E-state index in [9.17, 15) is 5.11 Å². The third kappa shape index (κ3) is 4.06. The molecule has 20 heavy (non-hydrogen) atoms. The van der Waals surface area contributed by atoms with Crippen molar-refractivity contribution in [3.63, 3.8) is 0 Å². The van der Waals surface area contributed by atoms with Crippen LogP contribution in [0.5, 0.6) is 0 Å². The van der Waals surface area contributed by atoms with E-state index in [1.807, 2.05) is 0 Å². The normalized spacial score (nSPS) is 23.6. The summed E-state index contributed by atoms with van der Waals surface area (Å²) in [7, 11) is 0. The fourth-order valence-electron chi connectivity index (χ4n) is 2.51. The first kappa shape index (κ1) is 15.5. The Bertz CT molecular complexity index is 459. The van der Waals surface area contributed by atoms with Gasteiger partial charge in [-0.25, -0.2) is 9.97 Å². The molecule has 1 fully saturated rings. The number of nitrogens with one attached hydrogen (secondary N) is 1. The molecule has 112 valence electrons. The lowest BCUT2D eigenvalue weighted by molar-refractivity contribution is 0.0763. The number of hydrogen-bond acceptors (Lipinski definition) is 4. The van der Waals surface area contributed by atoms with E-state index in [1.54, 1.807) is 6.07 Å². The monoisotopic (exact) mass is 297 g/mol. The van der Waals surface area contributed by atoms with Gasteiger partial charge in [-0.2, -0.15) is 0 Å². The van der Waals surface area contributed by atoms with Gasteiger partial charge in [0.15, 0.2) is 0 Å². The third-order valence-corrected chi connectivity index (χ3v) is 3.97. The Morgan fingerprint density at radius 1 is 1.30 bits per heavy atom. The van der Waals surface area contributed by atoms with Gasteiger partial charge in [0, 0.05) is 23.9 Å². The zero-order chi connectivity index (χ0) is 14.8. The van der Waals surface area contributed by atoms with Crippen LogP contribution in [0.4, 0.5) is 5.82 Å². The van der Waals surface area contributed by atoms with E-state index < -0.39 is 0 Å². The van der Waals surface area contributed by atoms with Gasteiger partial charge in [0.2, 0.25) is 0 Å². The van der Waals surface area contributed by atoms with E-state index >= 15 is 0 Å². The van der Waals surface area contributed by atoms with Crippen LogP contribution in [-0.4, -0.2) is 27.7 Å². The van der Waals surface area contributed by atoms with Crippen LogP contribution in [0.3, 0.4) is 0 Å². The van der Waals surface area contributed by atoms with Crippen molar-refractivity contribution in [2.75, 3.05) is 11.9 Å². The Labute approximate surface area is 126 Å². The van der Waals surface area contributed by atoms with Crippen LogP contribution in [0.25, 0.3) is 0 Å². The second-order valence-electron chi connectivity index (χ2n) is 6.64. The summed E-state index contributed by atoms with van der Waals surface area (Å²) in [5.74, 6) is 1.78. The van der Waals surface area contributed by atoms with Crippen LogP contribution in [0, 0.1) is 5.92 Å². The predicted molar refractivity (Wildman–Crippen MR) is 82.2 cm³/mol. The molecule has 1 aromatic heterocycles. The van der Waals surface area contributed by atoms with Crippen molar-refractivity contribution in [3.8, 4) is 0 Å². The van der Waals surface area contributed by atoms with Crippen LogP contribution in [-0.2, 0) is 5.41 Å². The Morgan fingerprint density at radius 2 is 2.00 bits per heavy atom. The first-order valence-corrected chi connectivity index (χ1v) is 7.71. The van der Waals surface area contributed by atoms with Gasteiger partial charge in [-0.1, -0.05) is 45.2 Å². The topological polar surface area (TPSA) is 58.0 Å². The summed E-state index contributed by atoms with van der Waals surface area (Å²) >= 11 is 6.07. The minimum absolute atomic E-state index is 0.133. The van der Waals surface area contributed by atoms with E-state index in [4.69, 9.17) is 11.6 Å². The van der Waals surface area contributed by atoms with Crippen LogP contribution >= 0.6 is 11.6 Å². The Morgan fingerprint density at radius 3 is 2.65 bits per heavy atom. The molecule has 1 heterocycles. The second kappa shape index (κ2) is 6.27. The van der Waals surface area contributed by atoms with Crippen LogP contribution in [0.1, 0.15) is 52.3 Å². The molecule has 1 aromatic rings. The molecule has 2 atom stereocenters. The minimum Gasteiger partial charge on any atom is -0.393 e. The summed E-state index contributed by atoms with van der Waals surface area (Å²) in [5.41, 5.74) is -0.133. The van der Waals surface area contributed by atoms with Crippen molar-refractivity contribution < 1.29 is 5.11 Å². The summed E-state index contributed by atoms with van der Waals surface area (Å²) in [6.07, 6.45) is 4.10. The predicted octanol–water partition coefficient (Wildman–Crippen LogP) is 3.39. The average molecular weight is 298 g/mol. The highest BCUT2D eigenvalue weighted by atomic mass is 35.5. The molecule has 0 amide bonds. The number of nitrogens with zero attached hydrogens (tertiary/aromatic N) is 2. The number of rotatable bonds is 3. The van der Waals surface area contributed by atoms with Crippen LogP contribution in [0.15, 0.2) is 6.07 Å². The van der Waals surface area contributed by atoms with Gasteiger partial charge in [0.05, 0.1) is 6.10 Å². The molecule has 1 aliphatic rings. The third-order valence-electron chi connectivity index (χ3n) is 3.78. The van der Waals surface area contributed by atoms with Gasteiger partial charge in [-0.3, -0.25) is 0 Å². The Hall–Kier alpha value is -0.870. The molecular weight excluding hydrogens is 274 g/mol. The van der Waals surface area contributed by atoms with Gasteiger partial charge in [-0.15, -0.1) is 0 Å². The van der Waals surface area contributed by atoms with Crippen molar-refractivity contribution in [2.24, 2.45) is 5.92 Å². The van der Waals surface area contributed by atoms with E-state index in [2.05, 4.69) is 36.1 Å². The van der Waals surface area contributed by atoms with E-state index in [-0.39, 0.29) is 11.5 Å². The van der Waals surface area contributed by atoms with Crippen molar-refractivity contribution in [1.29, 1.82) is 0 Å². The van der Waals surface area contributed by atoms with Crippen molar-refractivity contribution in [2.45, 2.75) is 58.0 Å². The van der Waals surface area contributed by atoms with Crippen molar-refractivity contribution in [1.82, 2.24) is 9.97 Å². The van der Waals surface area contributed by atoms with Crippen LogP contribution in [0.2, 0.25) is 5.15 Å². The molecule has 1 aliphatic carbocycles. The molecule has 0 spiro atoms. The van der Waals surface area contributed by atoms with Gasteiger partial charge >= 0.3 is 0 Å². The molecule has 0 radical (unpaired) electrons. The highest BCUT2D eigenvalue weighted by molar-refractivity contribution is 6.29. The molecular formula is C15H24ClN3O. The smallest absolute Gasteiger partial charge is 0.137 e. The lowest BCUT2D eigenvalue weighted by Crippen LogP contribution is -2.30. The quantitative estimate of drug-likeness (QED) is 0.840. The average Bonchev–Trinajstić information content (AvgIpc) is 2.36. The molecule has 0 aromatic carbocycles. The fraction of sp³-hybridized carbons (Fsp3) is 0.733. The number of hydrogen-bond donors (Lipinski definition) is 2. The van der Waals surface area contributed by atoms with Crippen molar-refractivity contribution in [3.05, 3.63) is 17.0 Å². The maximum Gasteiger partial charge on any atom is 0.137 e. The van der Waals surface area contributed by atoms with E-state index in [1.165, 1.54) is 6.42 Å². The lowest BCUT2D eigenvalue weighted by Gasteiger charge is -2.28. The van der Waals surface area contributed by atoms with Gasteiger partial charge in [-0.05, 0) is 12.8 Å². The molecule has 4 nitrogen and oxygen atoms in total. The molecule has 2 unspecified atom stereocenters. The summed E-state index contributed by atoms with van der Waals surface area (Å²) in [6, 6.07) is 1.74. The minimum atomic E-state index is -0.198. The highest BCUT2D eigenvalue weighted by Crippen LogP contribution is 2.26. The number of aromatic nitrogens is 2. The first-order chi connectivity index (χ1) is 9.36. The maximum absolute atomic E-state index is 9.99. The van der Waals surface area contributed by atoms with Crippen molar-refractivity contribution >= 4 is 17.4 Å². The molecule has 0 bridgehead atoms. The standard InChI is InChI=1S/C15H24ClN3O/c1-15(2,3)14-18-12(16)8-13(19-14)17-9-10-6-4-5-7-11(10)20/h8,10-11,20H,4-7,9H2,1-3H3,(H,17,18,19). The van der Waals surface area contributed by atoms with E-state index in [0.29, 0.717) is 11.1 Å². The number of anilines is 1. The second-order valence-corrected chi connectivity index (χ2v) is 7.03. The van der Waals surface area contributed by atoms with Gasteiger partial charge < -0.3 is 10.4 Å². The summed E-state index contributed by atoms with van der Waals surface area (Å²) in [6.45, 7) is 6.92. The molecule has 0 saturated heterocycles. The summed E-state index contributed by atoms with van der Waals surface area (Å²) in [4.78, 5) is 8.81.